The lowest BCUT2D eigenvalue weighted by atomic mass is 9.89. The Morgan fingerprint density at radius 2 is 1.70 bits per heavy atom. The number of hydrogen-bond acceptors (Lipinski definition) is 13. The Morgan fingerprint density at radius 3 is 2.33 bits per heavy atom. The first-order valence-electron chi connectivity index (χ1n) is 18.2. The number of halogens is 3. The summed E-state index contributed by atoms with van der Waals surface area (Å²) in [5.74, 6) is -3.41. The summed E-state index contributed by atoms with van der Waals surface area (Å²) in [4.78, 5) is 18.5. The van der Waals surface area contributed by atoms with E-state index < -0.39 is 55.0 Å². The van der Waals surface area contributed by atoms with Crippen LogP contribution in [-0.2, 0) is 51.1 Å². The molecule has 0 N–H and O–H groups in total. The van der Waals surface area contributed by atoms with Crippen molar-refractivity contribution in [1.29, 1.82) is 10.5 Å². The van der Waals surface area contributed by atoms with Gasteiger partial charge in [0.15, 0.2) is 11.9 Å². The lowest BCUT2D eigenvalue weighted by Crippen LogP contribution is -2.47. The summed E-state index contributed by atoms with van der Waals surface area (Å²) in [6, 6.07) is 14.9. The second kappa shape index (κ2) is 21.6. The number of nitrogens with zero attached hydrogens (tertiary/aromatic N) is 5. The third-order valence-corrected chi connectivity index (χ3v) is 11.6. The lowest BCUT2D eigenvalue weighted by Gasteiger charge is -2.40. The zero-order chi connectivity index (χ0) is 43.1. The average Bonchev–Trinajstić information content (AvgIpc) is 3.76. The minimum atomic E-state index is -4.24. The number of rotatable bonds is 20. The molecule has 1 saturated heterocycles. The highest BCUT2D eigenvalue weighted by atomic mass is 32.2. The Kier molecular flexibility index (Phi) is 16.4. The third-order valence-electron chi connectivity index (χ3n) is 8.79. The average molecular weight is 862 g/mol. The molecular formula is C42H39F3N5O8PS. The number of ether oxygens (including phenoxy) is 3. The SMILES string of the molecule is C=CCOP(=O)(OCC=C)OCc1cc(C#N)ccc1C(=O)O[C@@](Cn1cncn1)(c1ccc(F)cc1F)[C@@H](C)S[C@H]1CO[C@H](C=CC=Cc2ccc(C#N)cc2F)OC1. The maximum Gasteiger partial charge on any atom is 0.475 e. The minimum absolute atomic E-state index is 0.0586. The second-order valence-electron chi connectivity index (χ2n) is 12.9. The first-order chi connectivity index (χ1) is 28.9. The van der Waals surface area contributed by atoms with E-state index in [0.29, 0.717) is 11.6 Å². The third kappa shape index (κ3) is 12.0. The van der Waals surface area contributed by atoms with Crippen LogP contribution in [0.3, 0.4) is 0 Å². The summed E-state index contributed by atoms with van der Waals surface area (Å²) in [7, 11) is -4.24. The highest BCUT2D eigenvalue weighted by Gasteiger charge is 2.47. The van der Waals surface area contributed by atoms with Crippen LogP contribution in [0.2, 0.25) is 0 Å². The van der Waals surface area contributed by atoms with E-state index >= 15 is 4.39 Å². The molecule has 1 aliphatic rings. The maximum absolute atomic E-state index is 16.1. The van der Waals surface area contributed by atoms with Gasteiger partial charge in [0.2, 0.25) is 0 Å². The maximum atomic E-state index is 16.1. The smallest absolute Gasteiger partial charge is 0.447 e. The number of allylic oxidation sites excluding steroid dienone is 2. The van der Waals surface area contributed by atoms with E-state index in [-0.39, 0.29) is 66.0 Å². The van der Waals surface area contributed by atoms with Crippen LogP contribution in [0.15, 0.2) is 111 Å². The molecule has 0 aliphatic carbocycles. The molecule has 0 amide bonds. The molecule has 1 aliphatic heterocycles. The second-order valence-corrected chi connectivity index (χ2v) is 16.2. The first kappa shape index (κ1) is 45.5. The molecule has 312 valence electrons. The molecule has 0 unspecified atom stereocenters. The van der Waals surface area contributed by atoms with Gasteiger partial charge in [-0.05, 0) is 61.0 Å². The summed E-state index contributed by atoms with van der Waals surface area (Å²) in [5, 5.41) is 21.6. The van der Waals surface area contributed by atoms with Crippen LogP contribution in [-0.4, -0.2) is 64.0 Å². The topological polar surface area (TPSA) is 168 Å². The normalized spacial score (nSPS) is 17.1. The molecule has 2 atom stereocenters. The van der Waals surface area contributed by atoms with Crippen LogP contribution in [0.5, 0.6) is 0 Å². The van der Waals surface area contributed by atoms with Gasteiger partial charge in [0.25, 0.3) is 0 Å². The van der Waals surface area contributed by atoms with Gasteiger partial charge in [0.05, 0.1) is 73.7 Å². The van der Waals surface area contributed by atoms with Crippen LogP contribution < -0.4 is 0 Å². The zero-order valence-corrected chi connectivity index (χ0v) is 33.9. The number of phosphoric acid groups is 1. The van der Waals surface area contributed by atoms with Crippen LogP contribution in [0.1, 0.15) is 45.1 Å². The summed E-state index contributed by atoms with van der Waals surface area (Å²) >= 11 is 1.26. The van der Waals surface area contributed by atoms with E-state index in [1.165, 1.54) is 83.7 Å². The zero-order valence-electron chi connectivity index (χ0n) is 32.2. The van der Waals surface area contributed by atoms with Gasteiger partial charge < -0.3 is 14.2 Å². The van der Waals surface area contributed by atoms with E-state index in [2.05, 4.69) is 23.2 Å². The molecule has 4 aromatic rings. The Bertz CT molecular complexity index is 2330. The Labute approximate surface area is 348 Å². The Morgan fingerprint density at radius 1 is 1.00 bits per heavy atom. The highest BCUT2D eigenvalue weighted by Crippen LogP contribution is 2.50. The van der Waals surface area contributed by atoms with E-state index in [0.717, 1.165) is 12.1 Å². The molecule has 1 fully saturated rings. The Balaban J connectivity index is 1.42. The van der Waals surface area contributed by atoms with Crippen molar-refractivity contribution in [1.82, 2.24) is 14.8 Å². The lowest BCUT2D eigenvalue weighted by molar-refractivity contribution is -0.146. The number of benzene rings is 3. The first-order valence-corrected chi connectivity index (χ1v) is 20.6. The van der Waals surface area contributed by atoms with Gasteiger partial charge >= 0.3 is 13.8 Å². The number of carbonyl (C=O) groups excluding carboxylic acids is 1. The molecule has 5 rings (SSSR count). The number of phosphoric ester groups is 1. The minimum Gasteiger partial charge on any atom is -0.447 e. The van der Waals surface area contributed by atoms with Crippen molar-refractivity contribution in [3.05, 3.63) is 162 Å². The van der Waals surface area contributed by atoms with Gasteiger partial charge in [0.1, 0.15) is 30.1 Å². The summed E-state index contributed by atoms with van der Waals surface area (Å²) in [6.07, 6.45) is 10.9. The van der Waals surface area contributed by atoms with Crippen molar-refractivity contribution in [2.75, 3.05) is 26.4 Å². The van der Waals surface area contributed by atoms with Crippen molar-refractivity contribution >= 4 is 31.6 Å². The molecule has 0 spiro atoms. The summed E-state index contributed by atoms with van der Waals surface area (Å²) in [5.41, 5.74) is -1.55. The quantitative estimate of drug-likeness (QED) is 0.0360. The van der Waals surface area contributed by atoms with E-state index in [1.54, 1.807) is 25.2 Å². The highest BCUT2D eigenvalue weighted by molar-refractivity contribution is 8.00. The monoisotopic (exact) mass is 861 g/mol. The van der Waals surface area contributed by atoms with Crippen molar-refractivity contribution in [3.8, 4) is 12.1 Å². The number of aromatic nitrogens is 3. The van der Waals surface area contributed by atoms with Gasteiger partial charge in [-0.2, -0.15) is 15.6 Å². The van der Waals surface area contributed by atoms with Crippen molar-refractivity contribution < 1.29 is 50.3 Å². The molecule has 1 aromatic heterocycles. The molecule has 3 aromatic carbocycles. The number of carbonyl (C=O) groups is 1. The van der Waals surface area contributed by atoms with Crippen molar-refractivity contribution in [3.63, 3.8) is 0 Å². The molecule has 0 saturated carbocycles. The molecule has 13 nitrogen and oxygen atoms in total. The predicted molar refractivity (Wildman–Crippen MR) is 215 cm³/mol. The molecule has 0 bridgehead atoms. The fourth-order valence-electron chi connectivity index (χ4n) is 5.88. The van der Waals surface area contributed by atoms with Crippen molar-refractivity contribution in [2.45, 2.75) is 42.5 Å². The Hall–Kier alpha value is -5.62. The van der Waals surface area contributed by atoms with Crippen molar-refractivity contribution in [2.24, 2.45) is 0 Å². The van der Waals surface area contributed by atoms with E-state index in [1.807, 2.05) is 12.1 Å². The van der Waals surface area contributed by atoms with Gasteiger partial charge in [-0.1, -0.05) is 36.4 Å². The number of thioether (sulfide) groups is 1. The molecule has 0 radical (unpaired) electrons. The predicted octanol–water partition coefficient (Wildman–Crippen LogP) is 8.35. The summed E-state index contributed by atoms with van der Waals surface area (Å²) in [6.45, 7) is 7.83. The van der Waals surface area contributed by atoms with Gasteiger partial charge in [-0.3, -0.25) is 13.6 Å². The number of esters is 1. The molecule has 18 heteroatoms. The van der Waals surface area contributed by atoms with Crippen LogP contribution in [0.4, 0.5) is 13.2 Å². The largest absolute Gasteiger partial charge is 0.475 e. The van der Waals surface area contributed by atoms with Crippen LogP contribution >= 0.6 is 19.6 Å². The fraction of sp³-hybridized carbons (Fsp3) is 0.262. The number of hydrogen-bond donors (Lipinski definition) is 0. The van der Waals surface area contributed by atoms with Crippen LogP contribution in [0, 0.1) is 40.1 Å². The number of nitriles is 2. The van der Waals surface area contributed by atoms with Crippen LogP contribution in [0.25, 0.3) is 6.08 Å². The van der Waals surface area contributed by atoms with Gasteiger partial charge in [0, 0.05) is 22.4 Å². The molecule has 60 heavy (non-hydrogen) atoms. The fourth-order valence-corrected chi connectivity index (χ4v) is 8.33. The summed E-state index contributed by atoms with van der Waals surface area (Å²) < 4.78 is 93.8. The van der Waals surface area contributed by atoms with E-state index in [4.69, 9.17) is 33.0 Å². The van der Waals surface area contributed by atoms with E-state index in [9.17, 15) is 23.4 Å². The van der Waals surface area contributed by atoms with Gasteiger partial charge in [-0.25, -0.2) is 32.2 Å². The molecular weight excluding hydrogens is 823 g/mol. The molecule has 2 heterocycles. The van der Waals surface area contributed by atoms with Gasteiger partial charge in [-0.15, -0.1) is 24.9 Å². The standard InChI is InChI=1S/C42H39F3N5O8PS/c1-4-16-55-59(52,56-17-5-2)57-23-33-18-30(21-46)11-14-36(33)41(51)58-42(26-50-28-48-27-49-50,37-15-13-34(43)20-39(37)45)29(3)60-35-24-53-40(54-25-35)9-7-6-8-32-12-10-31(22-47)19-38(32)44/h4-15,18-20,27-29,35,40H,1-2,16-17,23-26H2,3H3/t29-,35-,40-,42-/m1/s1.